The second-order valence-corrected chi connectivity index (χ2v) is 9.69. The van der Waals surface area contributed by atoms with Crippen LogP contribution in [0.1, 0.15) is 12.8 Å². The third kappa shape index (κ3) is 3.53. The molecule has 1 aliphatic heterocycles. The van der Waals surface area contributed by atoms with Crippen LogP contribution in [0.4, 0.5) is 0 Å². The zero-order chi connectivity index (χ0) is 20.6. The van der Waals surface area contributed by atoms with Gasteiger partial charge in [-0.2, -0.15) is 9.40 Å². The summed E-state index contributed by atoms with van der Waals surface area (Å²) < 4.78 is 29.4. The van der Waals surface area contributed by atoms with Gasteiger partial charge in [0, 0.05) is 31.4 Å². The molecule has 1 aliphatic rings. The number of hydrogen-bond acceptors (Lipinski definition) is 4. The first kappa shape index (κ1) is 19.0. The lowest BCUT2D eigenvalue weighted by Crippen LogP contribution is -2.39. The van der Waals surface area contributed by atoms with Gasteiger partial charge in [-0.05, 0) is 48.6 Å². The minimum Gasteiger partial charge on any atom is -0.330 e. The molecule has 0 atom stereocenters. The van der Waals surface area contributed by atoms with E-state index >= 15 is 0 Å². The number of imidazole rings is 1. The van der Waals surface area contributed by atoms with Crippen molar-refractivity contribution in [3.63, 3.8) is 0 Å². The Bertz CT molecular complexity index is 1240. The highest BCUT2D eigenvalue weighted by Gasteiger charge is 2.29. The third-order valence-electron chi connectivity index (χ3n) is 5.86. The van der Waals surface area contributed by atoms with Crippen LogP contribution in [0.15, 0.2) is 72.1 Å². The topological polar surface area (TPSA) is 83.9 Å². The number of benzene rings is 2. The number of piperidine rings is 1. The monoisotopic (exact) mass is 421 g/mol. The molecule has 154 valence electrons. The maximum atomic E-state index is 12.8. The molecule has 0 saturated carbocycles. The second-order valence-electron chi connectivity index (χ2n) is 7.75. The van der Waals surface area contributed by atoms with E-state index in [4.69, 9.17) is 0 Å². The van der Waals surface area contributed by atoms with Crippen LogP contribution in [-0.4, -0.2) is 45.6 Å². The molecular weight excluding hydrogens is 398 g/mol. The Hall–Kier alpha value is -2.97. The molecule has 7 nitrogen and oxygen atoms in total. The molecule has 0 amide bonds. The van der Waals surface area contributed by atoms with Gasteiger partial charge in [-0.25, -0.2) is 13.4 Å². The quantitative estimate of drug-likeness (QED) is 0.534. The Balaban J connectivity index is 1.27. The molecule has 30 heavy (non-hydrogen) atoms. The Labute approximate surface area is 175 Å². The van der Waals surface area contributed by atoms with Crippen LogP contribution in [0.5, 0.6) is 0 Å². The van der Waals surface area contributed by atoms with Crippen molar-refractivity contribution < 1.29 is 8.42 Å². The fraction of sp³-hybridized carbons (Fsp3) is 0.273. The van der Waals surface area contributed by atoms with E-state index in [2.05, 4.69) is 37.9 Å². The molecule has 1 fully saturated rings. The Morgan fingerprint density at radius 2 is 1.83 bits per heavy atom. The summed E-state index contributed by atoms with van der Waals surface area (Å²) in [6.07, 6.45) is 7.25. The van der Waals surface area contributed by atoms with Gasteiger partial charge in [0.2, 0.25) is 10.0 Å². The Kier molecular flexibility index (Phi) is 4.88. The summed E-state index contributed by atoms with van der Waals surface area (Å²) >= 11 is 0. The number of nitrogens with one attached hydrogen (secondary N) is 1. The van der Waals surface area contributed by atoms with Crippen LogP contribution in [0.25, 0.3) is 22.2 Å². The molecule has 1 saturated heterocycles. The highest BCUT2D eigenvalue weighted by atomic mass is 32.2. The molecule has 0 radical (unpaired) electrons. The summed E-state index contributed by atoms with van der Waals surface area (Å²) in [6, 6.07) is 14.9. The van der Waals surface area contributed by atoms with Gasteiger partial charge in [0.1, 0.15) is 0 Å². The number of rotatable bonds is 5. The Morgan fingerprint density at radius 3 is 2.57 bits per heavy atom. The number of sulfonamides is 1. The first-order valence-electron chi connectivity index (χ1n) is 10.1. The summed E-state index contributed by atoms with van der Waals surface area (Å²) in [5, 5.41) is 6.84. The van der Waals surface area contributed by atoms with E-state index in [9.17, 15) is 8.42 Å². The van der Waals surface area contributed by atoms with Gasteiger partial charge < -0.3 is 4.57 Å². The van der Waals surface area contributed by atoms with E-state index in [-0.39, 0.29) is 0 Å². The summed E-state index contributed by atoms with van der Waals surface area (Å²) in [6.45, 7) is 1.96. The zero-order valence-corrected chi connectivity index (χ0v) is 17.3. The summed E-state index contributed by atoms with van der Waals surface area (Å²) in [4.78, 5) is 4.95. The van der Waals surface area contributed by atoms with E-state index in [1.165, 1.54) is 0 Å². The van der Waals surface area contributed by atoms with Crippen molar-refractivity contribution >= 4 is 21.1 Å². The van der Waals surface area contributed by atoms with Crippen LogP contribution in [0.2, 0.25) is 0 Å². The van der Waals surface area contributed by atoms with Gasteiger partial charge in [0.05, 0.1) is 28.5 Å². The predicted molar refractivity (Wildman–Crippen MR) is 115 cm³/mol. The van der Waals surface area contributed by atoms with Gasteiger partial charge in [0.15, 0.2) is 0 Å². The van der Waals surface area contributed by atoms with Crippen LogP contribution >= 0.6 is 0 Å². The smallest absolute Gasteiger partial charge is 0.243 e. The first-order valence-corrected chi connectivity index (χ1v) is 11.5. The van der Waals surface area contributed by atoms with Gasteiger partial charge in [-0.3, -0.25) is 5.10 Å². The molecule has 2 aromatic carbocycles. The van der Waals surface area contributed by atoms with Gasteiger partial charge in [-0.15, -0.1) is 0 Å². The molecule has 0 spiro atoms. The lowest BCUT2D eigenvalue weighted by Gasteiger charge is -2.31. The van der Waals surface area contributed by atoms with Gasteiger partial charge in [-0.1, -0.05) is 24.3 Å². The fourth-order valence-electron chi connectivity index (χ4n) is 4.15. The van der Waals surface area contributed by atoms with Crippen molar-refractivity contribution in [1.29, 1.82) is 0 Å². The molecule has 3 heterocycles. The van der Waals surface area contributed by atoms with Crippen molar-refractivity contribution in [2.24, 2.45) is 5.92 Å². The molecule has 0 bridgehead atoms. The van der Waals surface area contributed by atoms with E-state index in [0.717, 1.165) is 41.5 Å². The lowest BCUT2D eigenvalue weighted by molar-refractivity contribution is 0.254. The molecule has 0 aliphatic carbocycles. The molecule has 5 rings (SSSR count). The molecule has 2 aromatic heterocycles. The van der Waals surface area contributed by atoms with Gasteiger partial charge >= 0.3 is 0 Å². The molecule has 4 aromatic rings. The normalized spacial score (nSPS) is 16.3. The highest BCUT2D eigenvalue weighted by molar-refractivity contribution is 7.89. The van der Waals surface area contributed by atoms with E-state index in [1.54, 1.807) is 34.8 Å². The molecular formula is C22H23N5O2S. The molecule has 1 N–H and O–H groups in total. The maximum Gasteiger partial charge on any atom is 0.243 e. The number of hydrogen-bond donors (Lipinski definition) is 1. The predicted octanol–water partition coefficient (Wildman–Crippen LogP) is 3.53. The number of aromatic nitrogens is 4. The SMILES string of the molecule is O=S(=O)(c1ccccc1)N1CCC(Cn2cnc3cc(-c4cn[nH]c4)ccc32)CC1. The largest absolute Gasteiger partial charge is 0.330 e. The fourth-order valence-corrected chi connectivity index (χ4v) is 5.64. The number of nitrogens with zero attached hydrogens (tertiary/aromatic N) is 4. The van der Waals surface area contributed by atoms with Crippen LogP contribution in [0.3, 0.4) is 0 Å². The Morgan fingerprint density at radius 1 is 1.03 bits per heavy atom. The summed E-state index contributed by atoms with van der Waals surface area (Å²) in [7, 11) is -3.40. The van der Waals surface area contributed by atoms with Crippen LogP contribution in [-0.2, 0) is 16.6 Å². The van der Waals surface area contributed by atoms with Crippen LogP contribution in [0, 0.1) is 5.92 Å². The van der Waals surface area contributed by atoms with Crippen molar-refractivity contribution in [3.05, 3.63) is 67.3 Å². The number of H-pyrrole nitrogens is 1. The number of fused-ring (bicyclic) bond motifs is 1. The first-order chi connectivity index (χ1) is 14.6. The lowest BCUT2D eigenvalue weighted by atomic mass is 9.98. The number of aromatic amines is 1. The van der Waals surface area contributed by atoms with E-state index in [0.29, 0.717) is 23.9 Å². The molecule has 8 heteroatoms. The van der Waals surface area contributed by atoms with Crippen molar-refractivity contribution in [3.8, 4) is 11.1 Å². The minimum atomic E-state index is -3.40. The highest BCUT2D eigenvalue weighted by Crippen LogP contribution is 2.27. The van der Waals surface area contributed by atoms with Crippen molar-refractivity contribution in [2.75, 3.05) is 13.1 Å². The second kappa shape index (κ2) is 7.70. The van der Waals surface area contributed by atoms with Gasteiger partial charge in [0.25, 0.3) is 0 Å². The zero-order valence-electron chi connectivity index (χ0n) is 16.5. The summed E-state index contributed by atoms with van der Waals surface area (Å²) in [5.41, 5.74) is 4.18. The standard InChI is InChI=1S/C22H23N5O2S/c28-30(29,20-4-2-1-3-5-20)27-10-8-17(9-11-27)15-26-16-23-21-12-18(6-7-22(21)26)19-13-24-25-14-19/h1-7,12-14,16-17H,8-11,15H2,(H,24,25). The van der Waals surface area contributed by atoms with Crippen molar-refractivity contribution in [2.45, 2.75) is 24.3 Å². The third-order valence-corrected chi connectivity index (χ3v) is 7.77. The van der Waals surface area contributed by atoms with E-state index < -0.39 is 10.0 Å². The van der Waals surface area contributed by atoms with E-state index in [1.807, 2.05) is 18.6 Å². The maximum absolute atomic E-state index is 12.8. The van der Waals surface area contributed by atoms with Crippen LogP contribution < -0.4 is 0 Å². The minimum absolute atomic E-state index is 0.373. The summed E-state index contributed by atoms with van der Waals surface area (Å²) in [5.74, 6) is 0.429. The molecule has 0 unspecified atom stereocenters. The average molecular weight is 422 g/mol. The average Bonchev–Trinajstić information content (AvgIpc) is 3.45. The van der Waals surface area contributed by atoms with Crippen molar-refractivity contribution in [1.82, 2.24) is 24.1 Å².